The first kappa shape index (κ1) is 19.2. The van der Waals surface area contributed by atoms with Gasteiger partial charge >= 0.3 is 0 Å². The first-order valence-electron chi connectivity index (χ1n) is 10.5. The number of rotatable bonds is 5. The molecule has 4 rings (SSSR count). The van der Waals surface area contributed by atoms with Crippen molar-refractivity contribution in [1.82, 2.24) is 10.2 Å². The summed E-state index contributed by atoms with van der Waals surface area (Å²) in [6.07, 6.45) is 4.71. The predicted octanol–water partition coefficient (Wildman–Crippen LogP) is 3.68. The van der Waals surface area contributed by atoms with E-state index in [-0.39, 0.29) is 11.9 Å². The molecule has 0 aromatic heterocycles. The van der Waals surface area contributed by atoms with Crippen LogP contribution >= 0.6 is 0 Å². The minimum atomic E-state index is -0.0257. The van der Waals surface area contributed by atoms with Crippen molar-refractivity contribution in [1.29, 1.82) is 0 Å². The highest BCUT2D eigenvalue weighted by Crippen LogP contribution is 2.23. The van der Waals surface area contributed by atoms with Crippen LogP contribution in [-0.4, -0.2) is 43.7 Å². The molecule has 1 amide bonds. The molecule has 0 radical (unpaired) electrons. The van der Waals surface area contributed by atoms with Crippen molar-refractivity contribution >= 4 is 5.91 Å². The third-order valence-electron chi connectivity index (χ3n) is 5.94. The molecule has 1 saturated heterocycles. The van der Waals surface area contributed by atoms with E-state index in [0.29, 0.717) is 0 Å². The number of carbonyl (C=O) groups excluding carboxylic acids is 1. The van der Waals surface area contributed by atoms with Crippen molar-refractivity contribution in [2.75, 3.05) is 32.8 Å². The largest absolute Gasteiger partial charge is 0.379 e. The van der Waals surface area contributed by atoms with Gasteiger partial charge in [0.15, 0.2) is 0 Å². The number of carbonyl (C=O) groups is 1. The Labute approximate surface area is 167 Å². The van der Waals surface area contributed by atoms with Crippen LogP contribution in [0.4, 0.5) is 0 Å². The SMILES string of the molecule is Cc1ccc([C@H](CN2CCOCC2)NC(=O)c2ccc3c(c2)CCCC3)cc1. The fourth-order valence-corrected chi connectivity index (χ4v) is 4.19. The van der Waals surface area contributed by atoms with Crippen molar-refractivity contribution in [3.63, 3.8) is 0 Å². The maximum atomic E-state index is 13.1. The van der Waals surface area contributed by atoms with Crippen LogP contribution in [0.25, 0.3) is 0 Å². The van der Waals surface area contributed by atoms with Crippen molar-refractivity contribution in [2.24, 2.45) is 0 Å². The maximum Gasteiger partial charge on any atom is 0.251 e. The molecule has 1 fully saturated rings. The molecule has 1 aliphatic heterocycles. The van der Waals surface area contributed by atoms with Crippen LogP contribution in [0.15, 0.2) is 42.5 Å². The molecule has 1 aliphatic carbocycles. The van der Waals surface area contributed by atoms with Gasteiger partial charge in [-0.05, 0) is 61.4 Å². The molecule has 0 unspecified atom stereocenters. The van der Waals surface area contributed by atoms with E-state index in [9.17, 15) is 4.79 Å². The minimum absolute atomic E-state index is 0.0206. The molecule has 1 atom stereocenters. The van der Waals surface area contributed by atoms with E-state index in [4.69, 9.17) is 4.74 Å². The van der Waals surface area contributed by atoms with Crippen molar-refractivity contribution < 1.29 is 9.53 Å². The van der Waals surface area contributed by atoms with Gasteiger partial charge in [-0.2, -0.15) is 0 Å². The Morgan fingerprint density at radius 1 is 1.04 bits per heavy atom. The zero-order valence-corrected chi connectivity index (χ0v) is 16.7. The fourth-order valence-electron chi connectivity index (χ4n) is 4.19. The van der Waals surface area contributed by atoms with Crippen molar-refractivity contribution in [3.8, 4) is 0 Å². The van der Waals surface area contributed by atoms with Crippen molar-refractivity contribution in [3.05, 3.63) is 70.3 Å². The Morgan fingerprint density at radius 2 is 1.75 bits per heavy atom. The number of hydrogen-bond donors (Lipinski definition) is 1. The van der Waals surface area contributed by atoms with Crippen LogP contribution < -0.4 is 5.32 Å². The van der Waals surface area contributed by atoms with Gasteiger partial charge in [0.1, 0.15) is 0 Å². The third-order valence-corrected chi connectivity index (χ3v) is 5.94. The maximum absolute atomic E-state index is 13.1. The van der Waals surface area contributed by atoms with E-state index in [1.54, 1.807) is 0 Å². The number of benzene rings is 2. The lowest BCUT2D eigenvalue weighted by atomic mass is 9.90. The molecule has 4 nitrogen and oxygen atoms in total. The molecule has 4 heteroatoms. The van der Waals surface area contributed by atoms with Gasteiger partial charge in [0, 0.05) is 25.2 Å². The Hall–Kier alpha value is -2.17. The number of ether oxygens (including phenoxy) is 1. The molecule has 0 bridgehead atoms. The monoisotopic (exact) mass is 378 g/mol. The number of fused-ring (bicyclic) bond motifs is 1. The average Bonchev–Trinajstić information content (AvgIpc) is 2.74. The van der Waals surface area contributed by atoms with Crippen LogP contribution in [0.5, 0.6) is 0 Å². The van der Waals surface area contributed by atoms with E-state index < -0.39 is 0 Å². The molecule has 28 heavy (non-hydrogen) atoms. The van der Waals surface area contributed by atoms with Gasteiger partial charge in [-0.15, -0.1) is 0 Å². The summed E-state index contributed by atoms with van der Waals surface area (Å²) >= 11 is 0. The van der Waals surface area contributed by atoms with Gasteiger partial charge < -0.3 is 10.1 Å². The van der Waals surface area contributed by atoms with E-state index in [0.717, 1.165) is 56.8 Å². The lowest BCUT2D eigenvalue weighted by molar-refractivity contribution is 0.0332. The second kappa shape index (κ2) is 8.89. The highest BCUT2D eigenvalue weighted by atomic mass is 16.5. The van der Waals surface area contributed by atoms with E-state index in [2.05, 4.69) is 53.5 Å². The zero-order valence-electron chi connectivity index (χ0n) is 16.7. The van der Waals surface area contributed by atoms with Crippen LogP contribution in [0.1, 0.15) is 51.5 Å². The molecule has 1 N–H and O–H groups in total. The normalized spacial score (nSPS) is 18.3. The highest BCUT2D eigenvalue weighted by Gasteiger charge is 2.21. The lowest BCUT2D eigenvalue weighted by Crippen LogP contribution is -2.43. The number of nitrogens with one attached hydrogen (secondary N) is 1. The Kier molecular flexibility index (Phi) is 6.08. The molecule has 2 aliphatic rings. The summed E-state index contributed by atoms with van der Waals surface area (Å²) in [5.41, 5.74) is 5.92. The predicted molar refractivity (Wildman–Crippen MR) is 112 cm³/mol. The number of amides is 1. The summed E-state index contributed by atoms with van der Waals surface area (Å²) in [5, 5.41) is 3.30. The van der Waals surface area contributed by atoms with E-state index >= 15 is 0 Å². The molecule has 148 valence electrons. The highest BCUT2D eigenvalue weighted by molar-refractivity contribution is 5.94. The fraction of sp³-hybridized carbons (Fsp3) is 0.458. The quantitative estimate of drug-likeness (QED) is 0.863. The number of nitrogens with zero attached hydrogens (tertiary/aromatic N) is 1. The molecule has 2 aromatic carbocycles. The molecule has 0 saturated carbocycles. The Balaban J connectivity index is 1.52. The molecular weight excluding hydrogens is 348 g/mol. The van der Waals surface area contributed by atoms with Gasteiger partial charge in [-0.1, -0.05) is 35.9 Å². The first-order valence-corrected chi connectivity index (χ1v) is 10.5. The average molecular weight is 379 g/mol. The second-order valence-corrected chi connectivity index (χ2v) is 8.04. The van der Waals surface area contributed by atoms with E-state index in [1.165, 1.54) is 29.5 Å². The van der Waals surface area contributed by atoms with Crippen LogP contribution in [0, 0.1) is 6.92 Å². The van der Waals surface area contributed by atoms with Gasteiger partial charge in [0.25, 0.3) is 5.91 Å². The number of aryl methyl sites for hydroxylation is 3. The van der Waals surface area contributed by atoms with Crippen LogP contribution in [-0.2, 0) is 17.6 Å². The molecule has 0 spiro atoms. The summed E-state index contributed by atoms with van der Waals surface area (Å²) in [6.45, 7) is 6.25. The molecule has 2 aromatic rings. The van der Waals surface area contributed by atoms with Crippen LogP contribution in [0.3, 0.4) is 0 Å². The summed E-state index contributed by atoms with van der Waals surface area (Å²) in [6, 6.07) is 14.7. The Morgan fingerprint density at radius 3 is 2.50 bits per heavy atom. The molecular formula is C24H30N2O2. The smallest absolute Gasteiger partial charge is 0.251 e. The van der Waals surface area contributed by atoms with Gasteiger partial charge in [0.05, 0.1) is 19.3 Å². The van der Waals surface area contributed by atoms with Gasteiger partial charge in [-0.3, -0.25) is 9.69 Å². The van der Waals surface area contributed by atoms with Crippen molar-refractivity contribution in [2.45, 2.75) is 38.6 Å². The van der Waals surface area contributed by atoms with Gasteiger partial charge in [-0.25, -0.2) is 0 Å². The third kappa shape index (κ3) is 4.62. The summed E-state index contributed by atoms with van der Waals surface area (Å²) in [4.78, 5) is 15.4. The summed E-state index contributed by atoms with van der Waals surface area (Å²) in [5.74, 6) is 0.0206. The Bertz CT molecular complexity index is 810. The van der Waals surface area contributed by atoms with Gasteiger partial charge in [0.2, 0.25) is 0 Å². The molecule has 1 heterocycles. The number of morpholine rings is 1. The zero-order chi connectivity index (χ0) is 19.3. The minimum Gasteiger partial charge on any atom is -0.379 e. The standard InChI is InChI=1S/C24H30N2O2/c1-18-6-8-20(9-7-18)23(17-26-12-14-28-15-13-26)25-24(27)22-11-10-19-4-2-3-5-21(19)16-22/h6-11,16,23H,2-5,12-15,17H2,1H3,(H,25,27)/t23-/m0/s1. The number of hydrogen-bond acceptors (Lipinski definition) is 3. The second-order valence-electron chi connectivity index (χ2n) is 8.04. The first-order chi connectivity index (χ1) is 13.7. The van der Waals surface area contributed by atoms with E-state index in [1.807, 2.05) is 6.07 Å². The van der Waals surface area contributed by atoms with Crippen LogP contribution in [0.2, 0.25) is 0 Å². The summed E-state index contributed by atoms with van der Waals surface area (Å²) in [7, 11) is 0. The topological polar surface area (TPSA) is 41.6 Å². The lowest BCUT2D eigenvalue weighted by Gasteiger charge is -2.31. The summed E-state index contributed by atoms with van der Waals surface area (Å²) < 4.78 is 5.48.